The van der Waals surface area contributed by atoms with Gasteiger partial charge in [-0.05, 0) is 63.1 Å². The summed E-state index contributed by atoms with van der Waals surface area (Å²) in [6.07, 6.45) is 9.30. The molecule has 154 valence electrons. The van der Waals surface area contributed by atoms with E-state index < -0.39 is 16.0 Å². The van der Waals surface area contributed by atoms with Gasteiger partial charge in [0, 0.05) is 25.4 Å². The van der Waals surface area contributed by atoms with Gasteiger partial charge >= 0.3 is 5.97 Å². The molecule has 28 heavy (non-hydrogen) atoms. The van der Waals surface area contributed by atoms with Gasteiger partial charge in [-0.1, -0.05) is 11.6 Å². The van der Waals surface area contributed by atoms with Crippen molar-refractivity contribution in [2.75, 3.05) is 25.0 Å². The van der Waals surface area contributed by atoms with Crippen molar-refractivity contribution in [3.63, 3.8) is 0 Å². The Balaban J connectivity index is 1.65. The van der Waals surface area contributed by atoms with Crippen LogP contribution < -0.4 is 10.0 Å². The number of rotatable bonds is 9. The monoisotopic (exact) mass is 408 g/mol. The summed E-state index contributed by atoms with van der Waals surface area (Å²) in [5.74, 6) is -1.17. The number of ether oxygens (including phenoxy) is 1. The van der Waals surface area contributed by atoms with Crippen LogP contribution in [-0.2, 0) is 14.8 Å². The van der Waals surface area contributed by atoms with Crippen molar-refractivity contribution >= 4 is 21.7 Å². The Labute approximate surface area is 166 Å². The number of carboxylic acids is 1. The quantitative estimate of drug-likeness (QED) is 0.542. The summed E-state index contributed by atoms with van der Waals surface area (Å²) in [6, 6.07) is 4.16. The van der Waals surface area contributed by atoms with Crippen molar-refractivity contribution in [1.82, 2.24) is 4.72 Å². The van der Waals surface area contributed by atoms with Crippen molar-refractivity contribution in [3.05, 3.63) is 35.4 Å². The van der Waals surface area contributed by atoms with E-state index in [0.29, 0.717) is 25.2 Å². The van der Waals surface area contributed by atoms with Crippen molar-refractivity contribution in [1.29, 1.82) is 0 Å². The second-order valence-corrected chi connectivity index (χ2v) is 9.05. The number of anilines is 1. The van der Waals surface area contributed by atoms with Gasteiger partial charge in [0.2, 0.25) is 10.0 Å². The second-order valence-electron chi connectivity index (χ2n) is 7.28. The molecule has 2 aliphatic rings. The zero-order chi connectivity index (χ0) is 20.0. The predicted octanol–water partition coefficient (Wildman–Crippen LogP) is 3.14. The lowest BCUT2D eigenvalue weighted by Gasteiger charge is -2.15. The fourth-order valence-electron chi connectivity index (χ4n) is 3.61. The molecule has 3 N–H and O–H groups in total. The number of aromatic carboxylic acids is 1. The summed E-state index contributed by atoms with van der Waals surface area (Å²) in [4.78, 5) is 11.6. The first-order chi connectivity index (χ1) is 13.5. The maximum Gasteiger partial charge on any atom is 0.337 e. The fourth-order valence-corrected chi connectivity index (χ4v) is 4.67. The Kier molecular flexibility index (Phi) is 7.09. The summed E-state index contributed by atoms with van der Waals surface area (Å²) in [7, 11) is -3.76. The van der Waals surface area contributed by atoms with Crippen LogP contribution >= 0.6 is 0 Å². The molecular formula is C20H28N2O5S. The number of hydrogen-bond acceptors (Lipinski definition) is 5. The molecule has 8 heteroatoms. The lowest BCUT2D eigenvalue weighted by molar-refractivity contribution is 0.0697. The van der Waals surface area contributed by atoms with E-state index in [1.807, 2.05) is 0 Å². The molecule has 0 aromatic heterocycles. The normalized spacial score (nSPS) is 20.0. The Morgan fingerprint density at radius 2 is 2.11 bits per heavy atom. The highest BCUT2D eigenvalue weighted by Crippen LogP contribution is 2.23. The van der Waals surface area contributed by atoms with Crippen LogP contribution in [0.25, 0.3) is 0 Å². The molecule has 1 unspecified atom stereocenters. The van der Waals surface area contributed by atoms with E-state index in [9.17, 15) is 18.3 Å². The van der Waals surface area contributed by atoms with E-state index in [-0.39, 0.29) is 16.6 Å². The molecule has 3 rings (SSSR count). The minimum atomic E-state index is -3.76. The first-order valence-corrected chi connectivity index (χ1v) is 11.3. The first kappa shape index (κ1) is 20.8. The third-order valence-corrected chi connectivity index (χ3v) is 6.66. The highest BCUT2D eigenvalue weighted by molar-refractivity contribution is 7.89. The number of allylic oxidation sites excluding steroid dienone is 1. The highest BCUT2D eigenvalue weighted by atomic mass is 32.2. The zero-order valence-corrected chi connectivity index (χ0v) is 16.8. The van der Waals surface area contributed by atoms with Crippen LogP contribution in [0.2, 0.25) is 0 Å². The summed E-state index contributed by atoms with van der Waals surface area (Å²) in [5.41, 5.74) is 1.62. The summed E-state index contributed by atoms with van der Waals surface area (Å²) in [6.45, 7) is 1.53. The molecule has 0 radical (unpaired) electrons. The predicted molar refractivity (Wildman–Crippen MR) is 107 cm³/mol. The Morgan fingerprint density at radius 1 is 1.25 bits per heavy atom. The van der Waals surface area contributed by atoms with Crippen LogP contribution in [0.5, 0.6) is 0 Å². The van der Waals surface area contributed by atoms with Crippen LogP contribution in [0.4, 0.5) is 5.69 Å². The molecule has 1 aliphatic carbocycles. The van der Waals surface area contributed by atoms with Gasteiger partial charge in [-0.25, -0.2) is 17.9 Å². The van der Waals surface area contributed by atoms with E-state index >= 15 is 0 Å². The fraction of sp³-hybridized carbons (Fsp3) is 0.550. The van der Waals surface area contributed by atoms with E-state index in [1.165, 1.54) is 30.2 Å². The van der Waals surface area contributed by atoms with Crippen LogP contribution in [0.15, 0.2) is 34.7 Å². The SMILES string of the molecule is O=C(O)c1cc(S(=O)(=O)NCCC2=CCCCC2)ccc1NCC1CCCO1. The topological polar surface area (TPSA) is 105 Å². The smallest absolute Gasteiger partial charge is 0.337 e. The molecule has 0 bridgehead atoms. The maximum absolute atomic E-state index is 12.6. The van der Waals surface area contributed by atoms with Crippen LogP contribution in [0.1, 0.15) is 55.3 Å². The molecule has 7 nitrogen and oxygen atoms in total. The van der Waals surface area contributed by atoms with Crippen molar-refractivity contribution < 1.29 is 23.1 Å². The zero-order valence-electron chi connectivity index (χ0n) is 15.9. The minimum Gasteiger partial charge on any atom is -0.478 e. The van der Waals surface area contributed by atoms with E-state index in [2.05, 4.69) is 16.1 Å². The molecule has 1 aliphatic heterocycles. The molecule has 1 atom stereocenters. The number of nitrogens with one attached hydrogen (secondary N) is 2. The number of benzene rings is 1. The summed E-state index contributed by atoms with van der Waals surface area (Å²) >= 11 is 0. The number of carbonyl (C=O) groups is 1. The molecule has 0 amide bonds. The van der Waals surface area contributed by atoms with Crippen LogP contribution in [0.3, 0.4) is 0 Å². The molecule has 1 fully saturated rings. The maximum atomic E-state index is 12.6. The number of sulfonamides is 1. The van der Waals surface area contributed by atoms with Gasteiger partial charge < -0.3 is 15.2 Å². The third kappa shape index (κ3) is 5.56. The van der Waals surface area contributed by atoms with Crippen LogP contribution in [0, 0.1) is 0 Å². The van der Waals surface area contributed by atoms with Crippen molar-refractivity contribution in [3.8, 4) is 0 Å². The van der Waals surface area contributed by atoms with Crippen LogP contribution in [-0.4, -0.2) is 45.3 Å². The lowest BCUT2D eigenvalue weighted by Crippen LogP contribution is -2.26. The third-order valence-electron chi connectivity index (χ3n) is 5.20. The summed E-state index contributed by atoms with van der Waals surface area (Å²) < 4.78 is 33.2. The largest absolute Gasteiger partial charge is 0.478 e. The molecule has 0 spiro atoms. The van der Waals surface area contributed by atoms with Gasteiger partial charge in [0.15, 0.2) is 0 Å². The molecule has 1 aromatic rings. The van der Waals surface area contributed by atoms with E-state index in [0.717, 1.165) is 38.7 Å². The van der Waals surface area contributed by atoms with E-state index in [4.69, 9.17) is 4.74 Å². The van der Waals surface area contributed by atoms with E-state index in [1.54, 1.807) is 0 Å². The first-order valence-electron chi connectivity index (χ1n) is 9.86. The Bertz CT molecular complexity index is 829. The minimum absolute atomic E-state index is 0.0369. The Morgan fingerprint density at radius 3 is 2.79 bits per heavy atom. The molecule has 1 heterocycles. The van der Waals surface area contributed by atoms with Gasteiger partial charge in [-0.2, -0.15) is 0 Å². The molecular weight excluding hydrogens is 380 g/mol. The van der Waals surface area contributed by atoms with Gasteiger partial charge in [-0.3, -0.25) is 0 Å². The molecule has 1 aromatic carbocycles. The average Bonchev–Trinajstić information content (AvgIpc) is 3.20. The van der Waals surface area contributed by atoms with Gasteiger partial charge in [0.05, 0.1) is 16.6 Å². The number of carboxylic acid groups (broad SMARTS) is 1. The number of hydrogen-bond donors (Lipinski definition) is 3. The average molecular weight is 409 g/mol. The lowest BCUT2D eigenvalue weighted by atomic mass is 9.97. The van der Waals surface area contributed by atoms with Gasteiger partial charge in [0.1, 0.15) is 0 Å². The van der Waals surface area contributed by atoms with Crippen molar-refractivity contribution in [2.24, 2.45) is 0 Å². The second kappa shape index (κ2) is 9.54. The molecule has 1 saturated heterocycles. The standard InChI is InChI=1S/C20H28N2O5S/c23-20(24)18-13-17(8-9-19(18)21-14-16-7-4-12-27-16)28(25,26)22-11-10-15-5-2-1-3-6-15/h5,8-9,13,16,21-22H,1-4,6-7,10-12,14H2,(H,23,24). The highest BCUT2D eigenvalue weighted by Gasteiger charge is 2.20. The Hall–Kier alpha value is -1.90. The summed E-state index contributed by atoms with van der Waals surface area (Å²) in [5, 5.41) is 12.6. The van der Waals surface area contributed by atoms with Gasteiger partial charge in [0.25, 0.3) is 0 Å². The van der Waals surface area contributed by atoms with Gasteiger partial charge in [-0.15, -0.1) is 0 Å². The van der Waals surface area contributed by atoms with Crippen molar-refractivity contribution in [2.45, 2.75) is 55.9 Å². The molecule has 0 saturated carbocycles.